The second kappa shape index (κ2) is 5.65. The van der Waals surface area contributed by atoms with Gasteiger partial charge < -0.3 is 5.32 Å². The van der Waals surface area contributed by atoms with Gasteiger partial charge in [0.15, 0.2) is 0 Å². The molecule has 0 radical (unpaired) electrons. The van der Waals surface area contributed by atoms with Gasteiger partial charge >= 0.3 is 0 Å². The molecule has 0 atom stereocenters. The molecule has 1 amide bonds. The molecular weight excluding hydrogens is 328 g/mol. The number of thiazole rings is 1. The van der Waals surface area contributed by atoms with Crippen LogP contribution >= 0.6 is 22.9 Å². The zero-order valence-corrected chi connectivity index (χ0v) is 13.5. The molecule has 0 spiro atoms. The first kappa shape index (κ1) is 14.2. The van der Waals surface area contributed by atoms with Gasteiger partial charge in [0.2, 0.25) is 0 Å². The molecule has 3 aromatic rings. The lowest BCUT2D eigenvalue weighted by atomic mass is 10.1. The van der Waals surface area contributed by atoms with Gasteiger partial charge in [0.25, 0.3) is 5.91 Å². The third-order valence-electron chi connectivity index (χ3n) is 3.62. The number of hydrogen-bond donors (Lipinski definition) is 1. The first-order valence-corrected chi connectivity index (χ1v) is 8.30. The number of para-hydroxylation sites is 1. The first-order valence-electron chi connectivity index (χ1n) is 7.04. The molecule has 0 saturated carbocycles. The third-order valence-corrected chi connectivity index (χ3v) is 4.78. The van der Waals surface area contributed by atoms with Crippen molar-refractivity contribution in [3.63, 3.8) is 0 Å². The van der Waals surface area contributed by atoms with Crippen molar-refractivity contribution in [1.82, 2.24) is 4.98 Å². The van der Waals surface area contributed by atoms with Crippen LogP contribution in [-0.2, 0) is 4.79 Å². The second-order valence-electron chi connectivity index (χ2n) is 5.14. The van der Waals surface area contributed by atoms with Crippen molar-refractivity contribution in [2.24, 2.45) is 0 Å². The molecule has 0 saturated heterocycles. The van der Waals surface area contributed by atoms with Gasteiger partial charge in [0.1, 0.15) is 5.01 Å². The Morgan fingerprint density at radius 2 is 1.87 bits per heavy atom. The number of fused-ring (bicyclic) bond motifs is 1. The van der Waals surface area contributed by atoms with Crippen molar-refractivity contribution in [2.75, 3.05) is 5.32 Å². The predicted octanol–water partition coefficient (Wildman–Crippen LogP) is 4.96. The summed E-state index contributed by atoms with van der Waals surface area (Å²) in [5.74, 6) is -0.0905. The quantitative estimate of drug-likeness (QED) is 0.671. The highest BCUT2D eigenvalue weighted by atomic mass is 35.5. The van der Waals surface area contributed by atoms with Crippen molar-refractivity contribution in [3.05, 3.63) is 70.2 Å². The molecule has 3 nitrogen and oxygen atoms in total. The van der Waals surface area contributed by atoms with Gasteiger partial charge in [-0.2, -0.15) is 0 Å². The Labute approximate surface area is 142 Å². The standard InChI is InChI=1S/C18H11ClN2OS/c19-12-7-5-11(6-8-12)18-20-13(10-23-18)9-15-14-3-1-2-4-16(14)21-17(15)22/h1-10H,(H,21,22). The van der Waals surface area contributed by atoms with Crippen LogP contribution in [0.5, 0.6) is 0 Å². The largest absolute Gasteiger partial charge is 0.321 e. The lowest BCUT2D eigenvalue weighted by molar-refractivity contribution is -0.110. The molecule has 5 heteroatoms. The van der Waals surface area contributed by atoms with E-state index in [0.29, 0.717) is 10.6 Å². The topological polar surface area (TPSA) is 42.0 Å². The number of aromatic nitrogens is 1. The molecule has 4 rings (SSSR count). The van der Waals surface area contributed by atoms with Crippen LogP contribution < -0.4 is 5.32 Å². The van der Waals surface area contributed by atoms with Crippen molar-refractivity contribution in [1.29, 1.82) is 0 Å². The summed E-state index contributed by atoms with van der Waals surface area (Å²) in [6.45, 7) is 0. The molecule has 0 bridgehead atoms. The van der Waals surface area contributed by atoms with Crippen LogP contribution in [0.3, 0.4) is 0 Å². The Kier molecular flexibility index (Phi) is 3.48. The van der Waals surface area contributed by atoms with E-state index in [4.69, 9.17) is 11.6 Å². The van der Waals surface area contributed by atoms with Crippen LogP contribution in [0.2, 0.25) is 5.02 Å². The Morgan fingerprint density at radius 3 is 2.70 bits per heavy atom. The highest BCUT2D eigenvalue weighted by Crippen LogP contribution is 2.33. The molecule has 2 aromatic carbocycles. The normalized spacial score (nSPS) is 14.8. The Morgan fingerprint density at radius 1 is 1.09 bits per heavy atom. The maximum absolute atomic E-state index is 12.1. The van der Waals surface area contributed by atoms with Crippen molar-refractivity contribution < 1.29 is 4.79 Å². The molecule has 1 aliphatic heterocycles. The van der Waals surface area contributed by atoms with Crippen LogP contribution in [0.1, 0.15) is 11.3 Å². The fourth-order valence-corrected chi connectivity index (χ4v) is 3.42. The number of halogens is 1. The number of nitrogens with one attached hydrogen (secondary N) is 1. The van der Waals surface area contributed by atoms with Gasteiger partial charge in [0, 0.05) is 27.2 Å². The number of carbonyl (C=O) groups excluding carboxylic acids is 1. The molecule has 0 aliphatic carbocycles. The van der Waals surface area contributed by atoms with Crippen LogP contribution in [0.15, 0.2) is 53.9 Å². The number of hydrogen-bond acceptors (Lipinski definition) is 3. The number of nitrogens with zero attached hydrogens (tertiary/aromatic N) is 1. The van der Waals surface area contributed by atoms with Crippen LogP contribution in [0, 0.1) is 0 Å². The molecule has 2 heterocycles. The van der Waals surface area contributed by atoms with E-state index in [1.54, 1.807) is 11.3 Å². The average molecular weight is 339 g/mol. The van der Waals surface area contributed by atoms with Gasteiger partial charge in [-0.05, 0) is 24.3 Å². The van der Waals surface area contributed by atoms with E-state index in [-0.39, 0.29) is 5.91 Å². The summed E-state index contributed by atoms with van der Waals surface area (Å²) in [6, 6.07) is 15.2. The Bertz CT molecular complexity index is 928. The molecule has 23 heavy (non-hydrogen) atoms. The first-order chi connectivity index (χ1) is 11.2. The number of rotatable bonds is 2. The summed E-state index contributed by atoms with van der Waals surface area (Å²) in [4.78, 5) is 16.7. The van der Waals surface area contributed by atoms with Crippen LogP contribution in [-0.4, -0.2) is 10.9 Å². The van der Waals surface area contributed by atoms with Crippen molar-refractivity contribution in [2.45, 2.75) is 0 Å². The zero-order chi connectivity index (χ0) is 15.8. The molecular formula is C18H11ClN2OS. The van der Waals surface area contributed by atoms with E-state index in [0.717, 1.165) is 27.5 Å². The van der Waals surface area contributed by atoms with E-state index in [2.05, 4.69) is 10.3 Å². The zero-order valence-electron chi connectivity index (χ0n) is 11.9. The highest BCUT2D eigenvalue weighted by Gasteiger charge is 2.23. The lowest BCUT2D eigenvalue weighted by Crippen LogP contribution is -2.03. The summed E-state index contributed by atoms with van der Waals surface area (Å²) < 4.78 is 0. The van der Waals surface area contributed by atoms with Crippen LogP contribution in [0.4, 0.5) is 5.69 Å². The van der Waals surface area contributed by atoms with E-state index >= 15 is 0 Å². The van der Waals surface area contributed by atoms with E-state index in [1.165, 1.54) is 0 Å². The molecule has 0 unspecified atom stereocenters. The summed E-state index contributed by atoms with van der Waals surface area (Å²) in [5.41, 5.74) is 4.20. The highest BCUT2D eigenvalue weighted by molar-refractivity contribution is 7.13. The SMILES string of the molecule is O=C1Nc2ccccc2C1=Cc1csc(-c2ccc(Cl)cc2)n1. The van der Waals surface area contributed by atoms with E-state index < -0.39 is 0 Å². The summed E-state index contributed by atoms with van der Waals surface area (Å²) in [7, 11) is 0. The Balaban J connectivity index is 1.70. The molecule has 0 fully saturated rings. The number of amides is 1. The molecule has 112 valence electrons. The number of carbonyl (C=O) groups is 1. The van der Waals surface area contributed by atoms with Gasteiger partial charge in [0.05, 0.1) is 11.3 Å². The smallest absolute Gasteiger partial charge is 0.256 e. The summed E-state index contributed by atoms with van der Waals surface area (Å²) in [6.07, 6.45) is 1.83. The number of benzene rings is 2. The molecule has 1 aromatic heterocycles. The summed E-state index contributed by atoms with van der Waals surface area (Å²) in [5, 5.41) is 6.42. The predicted molar refractivity (Wildman–Crippen MR) is 95.5 cm³/mol. The molecule has 1 N–H and O–H groups in total. The average Bonchev–Trinajstić information content (AvgIpc) is 3.14. The van der Waals surface area contributed by atoms with Gasteiger partial charge in [-0.3, -0.25) is 4.79 Å². The van der Waals surface area contributed by atoms with Crippen molar-refractivity contribution >= 4 is 46.2 Å². The number of anilines is 1. The van der Waals surface area contributed by atoms with Gasteiger partial charge in [-0.25, -0.2) is 4.98 Å². The van der Waals surface area contributed by atoms with Crippen molar-refractivity contribution in [3.8, 4) is 10.6 Å². The van der Waals surface area contributed by atoms with Gasteiger partial charge in [-0.1, -0.05) is 41.9 Å². The summed E-state index contributed by atoms with van der Waals surface area (Å²) >= 11 is 7.45. The fraction of sp³-hybridized carbons (Fsp3) is 0. The maximum atomic E-state index is 12.1. The minimum Gasteiger partial charge on any atom is -0.321 e. The Hall–Kier alpha value is -2.43. The van der Waals surface area contributed by atoms with Gasteiger partial charge in [-0.15, -0.1) is 11.3 Å². The lowest BCUT2D eigenvalue weighted by Gasteiger charge is -1.96. The minimum absolute atomic E-state index is 0.0905. The van der Waals surface area contributed by atoms with Crippen LogP contribution in [0.25, 0.3) is 22.2 Å². The molecule has 1 aliphatic rings. The van der Waals surface area contributed by atoms with E-state index in [1.807, 2.05) is 60.0 Å². The maximum Gasteiger partial charge on any atom is 0.256 e. The monoisotopic (exact) mass is 338 g/mol. The second-order valence-corrected chi connectivity index (χ2v) is 6.44. The minimum atomic E-state index is -0.0905. The third kappa shape index (κ3) is 2.67. The fourth-order valence-electron chi connectivity index (χ4n) is 2.51. The van der Waals surface area contributed by atoms with E-state index in [9.17, 15) is 4.79 Å².